The molecule has 1 saturated carbocycles. The molecule has 1 aliphatic rings. The van der Waals surface area contributed by atoms with Crippen molar-refractivity contribution in [3.05, 3.63) is 42.2 Å². The maximum Gasteiger partial charge on any atom is 0.0816 e. The van der Waals surface area contributed by atoms with Gasteiger partial charge in [0.2, 0.25) is 0 Å². The maximum absolute atomic E-state index is 5.76. The fraction of sp³-hybridized carbons (Fsp3) is 0.500. The van der Waals surface area contributed by atoms with Gasteiger partial charge in [0.15, 0.2) is 0 Å². The Morgan fingerprint density at radius 3 is 2.67 bits per heavy atom. The largest absolute Gasteiger partial charge is 0.378 e. The van der Waals surface area contributed by atoms with Crippen LogP contribution in [0.5, 0.6) is 0 Å². The van der Waals surface area contributed by atoms with Gasteiger partial charge in [-0.15, -0.1) is 5.10 Å². The van der Waals surface area contributed by atoms with E-state index in [-0.39, 0.29) is 11.6 Å². The minimum atomic E-state index is 0.0134. The number of hydrogen-bond acceptors (Lipinski definition) is 4. The molecule has 1 N–H and O–H groups in total. The number of rotatable bonds is 6. The zero-order chi connectivity index (χ0) is 14.7. The van der Waals surface area contributed by atoms with Crippen molar-refractivity contribution in [1.29, 1.82) is 0 Å². The van der Waals surface area contributed by atoms with Gasteiger partial charge in [0.25, 0.3) is 0 Å². The third-order valence-corrected chi connectivity index (χ3v) is 4.56. The van der Waals surface area contributed by atoms with Crippen molar-refractivity contribution in [1.82, 2.24) is 20.3 Å². The van der Waals surface area contributed by atoms with E-state index in [0.29, 0.717) is 0 Å². The van der Waals surface area contributed by atoms with E-state index in [9.17, 15) is 0 Å². The highest BCUT2D eigenvalue weighted by Crippen LogP contribution is 2.41. The average Bonchev–Trinajstić information content (AvgIpc) is 2.97. The van der Waals surface area contributed by atoms with Crippen molar-refractivity contribution < 1.29 is 4.74 Å². The van der Waals surface area contributed by atoms with Crippen LogP contribution in [0.3, 0.4) is 0 Å². The van der Waals surface area contributed by atoms with Crippen LogP contribution in [-0.2, 0) is 4.74 Å². The third-order valence-electron chi connectivity index (χ3n) is 4.56. The molecule has 1 aliphatic carbocycles. The van der Waals surface area contributed by atoms with Crippen LogP contribution in [0.2, 0.25) is 0 Å². The van der Waals surface area contributed by atoms with Crippen LogP contribution < -0.4 is 5.32 Å². The summed E-state index contributed by atoms with van der Waals surface area (Å²) in [7, 11) is 3.80. The molecular formula is C16H22N4O. The van der Waals surface area contributed by atoms with Gasteiger partial charge in [-0.1, -0.05) is 23.4 Å². The first-order valence-corrected chi connectivity index (χ1v) is 7.46. The molecule has 1 fully saturated rings. The summed E-state index contributed by atoms with van der Waals surface area (Å²) in [5.41, 5.74) is 2.12. The molecule has 5 heteroatoms. The highest BCUT2D eigenvalue weighted by atomic mass is 16.5. The standard InChI is InChI=1S/C16H22N4O/c1-17-14(11-16(21-2)9-6-10-16)15-12-18-19-20(15)13-7-4-3-5-8-13/h3-5,7-8,12,14,17H,6,9-11H2,1-2H3. The monoisotopic (exact) mass is 286 g/mol. The summed E-state index contributed by atoms with van der Waals surface area (Å²) in [5.74, 6) is 0. The van der Waals surface area contributed by atoms with E-state index in [2.05, 4.69) is 15.6 Å². The summed E-state index contributed by atoms with van der Waals surface area (Å²) in [5, 5.41) is 11.7. The van der Waals surface area contributed by atoms with E-state index in [1.807, 2.05) is 55.4 Å². The highest BCUT2D eigenvalue weighted by molar-refractivity contribution is 5.32. The van der Waals surface area contributed by atoms with Gasteiger partial charge in [-0.2, -0.15) is 0 Å². The van der Waals surface area contributed by atoms with E-state index >= 15 is 0 Å². The molecule has 1 atom stereocenters. The third kappa shape index (κ3) is 2.71. The maximum atomic E-state index is 5.76. The van der Waals surface area contributed by atoms with Gasteiger partial charge in [0.1, 0.15) is 0 Å². The van der Waals surface area contributed by atoms with E-state index in [4.69, 9.17) is 4.74 Å². The number of ether oxygens (including phenoxy) is 1. The normalized spacial score (nSPS) is 18.2. The van der Waals surface area contributed by atoms with Crippen molar-refractivity contribution >= 4 is 0 Å². The Hall–Kier alpha value is -1.72. The van der Waals surface area contributed by atoms with Crippen LogP contribution in [0.4, 0.5) is 0 Å². The number of methoxy groups -OCH3 is 1. The molecular weight excluding hydrogens is 264 g/mol. The Kier molecular flexibility index (Phi) is 4.03. The van der Waals surface area contributed by atoms with E-state index in [1.54, 1.807) is 0 Å². The summed E-state index contributed by atoms with van der Waals surface area (Å²) in [6, 6.07) is 10.3. The van der Waals surface area contributed by atoms with Crippen LogP contribution in [-0.4, -0.2) is 34.8 Å². The van der Waals surface area contributed by atoms with Crippen LogP contribution in [0.25, 0.3) is 5.69 Å². The summed E-state index contributed by atoms with van der Waals surface area (Å²) in [6.07, 6.45) is 6.31. The molecule has 5 nitrogen and oxygen atoms in total. The van der Waals surface area contributed by atoms with E-state index in [0.717, 1.165) is 30.6 Å². The van der Waals surface area contributed by atoms with Gasteiger partial charge < -0.3 is 10.1 Å². The lowest BCUT2D eigenvalue weighted by molar-refractivity contribution is -0.0837. The molecule has 1 unspecified atom stereocenters. The highest BCUT2D eigenvalue weighted by Gasteiger charge is 2.39. The van der Waals surface area contributed by atoms with Crippen molar-refractivity contribution in [3.8, 4) is 5.69 Å². The smallest absolute Gasteiger partial charge is 0.0816 e. The minimum Gasteiger partial charge on any atom is -0.378 e. The van der Waals surface area contributed by atoms with Gasteiger partial charge in [-0.25, -0.2) is 4.68 Å². The average molecular weight is 286 g/mol. The van der Waals surface area contributed by atoms with Crippen LogP contribution in [0, 0.1) is 0 Å². The topological polar surface area (TPSA) is 52.0 Å². The van der Waals surface area contributed by atoms with Crippen molar-refractivity contribution in [2.75, 3.05) is 14.2 Å². The molecule has 1 heterocycles. The SMILES string of the molecule is CNC(CC1(OC)CCC1)c1cnnn1-c1ccccc1. The zero-order valence-electron chi connectivity index (χ0n) is 12.6. The molecule has 0 spiro atoms. The number of para-hydroxylation sites is 1. The Bertz CT molecular complexity index is 571. The second kappa shape index (κ2) is 5.95. The molecule has 2 aromatic rings. The van der Waals surface area contributed by atoms with Gasteiger partial charge >= 0.3 is 0 Å². The lowest BCUT2D eigenvalue weighted by Crippen LogP contribution is -2.42. The van der Waals surface area contributed by atoms with E-state index in [1.165, 1.54) is 6.42 Å². The fourth-order valence-corrected chi connectivity index (χ4v) is 3.04. The molecule has 1 aromatic carbocycles. The number of nitrogens with zero attached hydrogens (tertiary/aromatic N) is 3. The first-order valence-electron chi connectivity index (χ1n) is 7.46. The number of nitrogens with one attached hydrogen (secondary N) is 1. The molecule has 0 amide bonds. The van der Waals surface area contributed by atoms with Crippen LogP contribution in [0.1, 0.15) is 37.4 Å². The molecule has 1 aromatic heterocycles. The van der Waals surface area contributed by atoms with Crippen molar-refractivity contribution in [2.45, 2.75) is 37.3 Å². The first kappa shape index (κ1) is 14.2. The quantitative estimate of drug-likeness (QED) is 0.886. The predicted octanol–water partition coefficient (Wildman–Crippen LogP) is 2.49. The minimum absolute atomic E-state index is 0.0134. The lowest BCUT2D eigenvalue weighted by Gasteiger charge is -2.42. The Morgan fingerprint density at radius 2 is 2.10 bits per heavy atom. The molecule has 21 heavy (non-hydrogen) atoms. The number of benzene rings is 1. The van der Waals surface area contributed by atoms with Crippen molar-refractivity contribution in [3.63, 3.8) is 0 Å². The van der Waals surface area contributed by atoms with Gasteiger partial charge in [-0.3, -0.25) is 0 Å². The van der Waals surface area contributed by atoms with Gasteiger partial charge in [0, 0.05) is 7.11 Å². The van der Waals surface area contributed by atoms with Crippen LogP contribution in [0.15, 0.2) is 36.5 Å². The zero-order valence-corrected chi connectivity index (χ0v) is 12.6. The molecule has 112 valence electrons. The van der Waals surface area contributed by atoms with Gasteiger partial charge in [-0.05, 0) is 44.9 Å². The molecule has 0 saturated heterocycles. The number of aromatic nitrogens is 3. The Balaban J connectivity index is 1.87. The first-order chi connectivity index (χ1) is 10.3. The summed E-state index contributed by atoms with van der Waals surface area (Å²) in [4.78, 5) is 0. The number of hydrogen-bond donors (Lipinski definition) is 1. The van der Waals surface area contributed by atoms with Crippen molar-refractivity contribution in [2.24, 2.45) is 0 Å². The molecule has 0 radical (unpaired) electrons. The molecule has 0 aliphatic heterocycles. The van der Waals surface area contributed by atoms with E-state index < -0.39 is 0 Å². The lowest BCUT2D eigenvalue weighted by atomic mass is 9.75. The second-order valence-electron chi connectivity index (χ2n) is 5.69. The van der Waals surface area contributed by atoms with Crippen LogP contribution >= 0.6 is 0 Å². The summed E-state index contributed by atoms with van der Waals surface area (Å²) >= 11 is 0. The fourth-order valence-electron chi connectivity index (χ4n) is 3.04. The predicted molar refractivity (Wildman–Crippen MR) is 81.4 cm³/mol. The van der Waals surface area contributed by atoms with Gasteiger partial charge in [0.05, 0.1) is 29.2 Å². The second-order valence-corrected chi connectivity index (χ2v) is 5.69. The Labute approximate surface area is 125 Å². The molecule has 0 bridgehead atoms. The summed E-state index contributed by atoms with van der Waals surface area (Å²) < 4.78 is 7.67. The molecule has 3 rings (SSSR count). The summed E-state index contributed by atoms with van der Waals surface area (Å²) in [6.45, 7) is 0. The Morgan fingerprint density at radius 1 is 1.33 bits per heavy atom.